The molecule has 1 aliphatic rings. The lowest BCUT2D eigenvalue weighted by Crippen LogP contribution is -2.39. The van der Waals surface area contributed by atoms with Crippen LogP contribution in [0.5, 0.6) is 0 Å². The summed E-state index contributed by atoms with van der Waals surface area (Å²) < 4.78 is 5.36. The fraction of sp³-hybridized carbons (Fsp3) is 0.562. The van der Waals surface area contributed by atoms with Crippen LogP contribution in [0.15, 0.2) is 24.4 Å². The van der Waals surface area contributed by atoms with Gasteiger partial charge in [-0.2, -0.15) is 0 Å². The van der Waals surface area contributed by atoms with Crippen molar-refractivity contribution in [3.05, 3.63) is 24.4 Å². The number of pyridine rings is 1. The molecule has 0 bridgehead atoms. The normalized spacial score (nSPS) is 24.7. The number of cyclic esters (lactones) is 1. The molecular weight excluding hydrogens is 268 g/mol. The summed E-state index contributed by atoms with van der Waals surface area (Å²) >= 11 is 0. The van der Waals surface area contributed by atoms with Crippen LogP contribution in [0.1, 0.15) is 39.5 Å². The zero-order valence-corrected chi connectivity index (χ0v) is 12.6. The van der Waals surface area contributed by atoms with Gasteiger partial charge in [0.05, 0.1) is 12.5 Å². The van der Waals surface area contributed by atoms with Crippen LogP contribution >= 0.6 is 0 Å². The van der Waals surface area contributed by atoms with Crippen LogP contribution in [0.4, 0.5) is 5.82 Å². The number of ether oxygens (including phenoxy) is 1. The third-order valence-corrected chi connectivity index (χ3v) is 3.89. The van der Waals surface area contributed by atoms with Gasteiger partial charge in [-0.1, -0.05) is 25.8 Å². The van der Waals surface area contributed by atoms with Crippen molar-refractivity contribution >= 4 is 17.6 Å². The van der Waals surface area contributed by atoms with Gasteiger partial charge < -0.3 is 10.1 Å². The second-order valence-corrected chi connectivity index (χ2v) is 5.69. The van der Waals surface area contributed by atoms with Gasteiger partial charge in [0.2, 0.25) is 0 Å². The van der Waals surface area contributed by atoms with Gasteiger partial charge in [0.1, 0.15) is 5.82 Å². The molecule has 21 heavy (non-hydrogen) atoms. The van der Waals surface area contributed by atoms with Crippen LogP contribution in [0, 0.1) is 5.92 Å². The van der Waals surface area contributed by atoms with Crippen LogP contribution < -0.4 is 5.32 Å². The summed E-state index contributed by atoms with van der Waals surface area (Å²) in [6.45, 7) is 3.90. The van der Waals surface area contributed by atoms with E-state index in [0.717, 1.165) is 19.3 Å². The number of anilines is 1. The summed E-state index contributed by atoms with van der Waals surface area (Å²) in [6, 6.07) is 5.45. The maximum Gasteiger partial charge on any atom is 0.310 e. The van der Waals surface area contributed by atoms with Crippen molar-refractivity contribution in [2.75, 3.05) is 11.9 Å². The second-order valence-electron chi connectivity index (χ2n) is 5.69. The number of hydrogen-bond donors (Lipinski definition) is 1. The minimum Gasteiger partial charge on any atom is -0.451 e. The minimum absolute atomic E-state index is 0.111. The lowest BCUT2D eigenvalue weighted by molar-refractivity contribution is -0.156. The lowest BCUT2D eigenvalue weighted by Gasteiger charge is -2.21. The summed E-state index contributed by atoms with van der Waals surface area (Å²) in [6.07, 6.45) is 4.96. The van der Waals surface area contributed by atoms with E-state index in [4.69, 9.17) is 4.74 Å². The Bertz CT molecular complexity index is 504. The molecule has 0 radical (unpaired) electrons. The molecule has 0 saturated carbocycles. The summed E-state index contributed by atoms with van der Waals surface area (Å²) in [5.74, 6) is 0.146. The molecule has 2 atom stereocenters. The number of Topliss-reactive ketones (excluding diaryl/α,β-unsaturated/α-hetero) is 1. The molecule has 0 aromatic carbocycles. The highest BCUT2D eigenvalue weighted by atomic mass is 16.6. The number of aromatic nitrogens is 1. The molecule has 1 aromatic rings. The maximum absolute atomic E-state index is 12.3. The van der Waals surface area contributed by atoms with E-state index in [9.17, 15) is 9.59 Å². The SMILES string of the molecule is CCCC[C@H]1C[C@@](C)(C(=O)CNc2ccccn2)OC1=O. The van der Waals surface area contributed by atoms with Gasteiger partial charge in [-0.25, -0.2) is 4.98 Å². The van der Waals surface area contributed by atoms with E-state index in [1.54, 1.807) is 19.2 Å². The Morgan fingerprint density at radius 1 is 1.52 bits per heavy atom. The maximum atomic E-state index is 12.3. The van der Waals surface area contributed by atoms with Gasteiger partial charge in [-0.3, -0.25) is 9.59 Å². The van der Waals surface area contributed by atoms with E-state index >= 15 is 0 Å². The van der Waals surface area contributed by atoms with Gasteiger partial charge in [-0.15, -0.1) is 0 Å². The molecule has 1 aromatic heterocycles. The molecule has 2 heterocycles. The molecule has 0 aliphatic carbocycles. The van der Waals surface area contributed by atoms with E-state index in [-0.39, 0.29) is 24.2 Å². The average molecular weight is 290 g/mol. The number of hydrogen-bond acceptors (Lipinski definition) is 5. The third kappa shape index (κ3) is 3.80. The number of nitrogens with zero attached hydrogens (tertiary/aromatic N) is 1. The molecule has 114 valence electrons. The molecule has 0 spiro atoms. The predicted molar refractivity (Wildman–Crippen MR) is 79.9 cm³/mol. The van der Waals surface area contributed by atoms with Crippen molar-refractivity contribution < 1.29 is 14.3 Å². The Kier molecular flexibility index (Phi) is 4.94. The molecule has 1 N–H and O–H groups in total. The van der Waals surface area contributed by atoms with Crippen LogP contribution in [0.2, 0.25) is 0 Å². The highest BCUT2D eigenvalue weighted by Crippen LogP contribution is 2.34. The Morgan fingerprint density at radius 3 is 3.00 bits per heavy atom. The Balaban J connectivity index is 1.91. The van der Waals surface area contributed by atoms with E-state index in [1.807, 2.05) is 12.1 Å². The average Bonchev–Trinajstić information content (AvgIpc) is 2.79. The van der Waals surface area contributed by atoms with Gasteiger partial charge in [-0.05, 0) is 25.5 Å². The van der Waals surface area contributed by atoms with Crippen molar-refractivity contribution in [3.8, 4) is 0 Å². The first-order chi connectivity index (χ1) is 10.0. The summed E-state index contributed by atoms with van der Waals surface area (Å²) in [5, 5.41) is 2.97. The van der Waals surface area contributed by atoms with Crippen molar-refractivity contribution in [2.24, 2.45) is 5.92 Å². The minimum atomic E-state index is -1.00. The predicted octanol–water partition coefficient (Wildman–Crippen LogP) is 2.57. The number of esters is 1. The van der Waals surface area contributed by atoms with Crippen molar-refractivity contribution in [1.29, 1.82) is 0 Å². The van der Waals surface area contributed by atoms with Crippen LogP contribution in [-0.2, 0) is 14.3 Å². The molecule has 2 rings (SSSR count). The van der Waals surface area contributed by atoms with Crippen LogP contribution in [-0.4, -0.2) is 28.9 Å². The van der Waals surface area contributed by atoms with E-state index < -0.39 is 5.60 Å². The van der Waals surface area contributed by atoms with Crippen molar-refractivity contribution in [1.82, 2.24) is 4.98 Å². The number of rotatable bonds is 7. The molecule has 5 nitrogen and oxygen atoms in total. The standard InChI is InChI=1S/C16H22N2O3/c1-3-4-7-12-10-16(2,21-15(12)20)13(19)11-18-14-8-5-6-9-17-14/h5-6,8-9,12H,3-4,7,10-11H2,1-2H3,(H,17,18)/t12-,16-/m0/s1. The zero-order valence-electron chi connectivity index (χ0n) is 12.6. The first-order valence-corrected chi connectivity index (χ1v) is 7.46. The molecule has 1 saturated heterocycles. The first kappa shape index (κ1) is 15.5. The zero-order chi connectivity index (χ0) is 15.3. The smallest absolute Gasteiger partial charge is 0.310 e. The first-order valence-electron chi connectivity index (χ1n) is 7.46. The molecule has 1 fully saturated rings. The molecular formula is C16H22N2O3. The highest BCUT2D eigenvalue weighted by Gasteiger charge is 2.47. The van der Waals surface area contributed by atoms with Crippen LogP contribution in [0.3, 0.4) is 0 Å². The molecule has 1 aliphatic heterocycles. The van der Waals surface area contributed by atoms with Gasteiger partial charge in [0.15, 0.2) is 11.4 Å². The van der Waals surface area contributed by atoms with E-state index in [0.29, 0.717) is 12.2 Å². The van der Waals surface area contributed by atoms with Crippen molar-refractivity contribution in [3.63, 3.8) is 0 Å². The molecule has 0 amide bonds. The Hall–Kier alpha value is -1.91. The Labute approximate surface area is 125 Å². The number of carbonyl (C=O) groups excluding carboxylic acids is 2. The third-order valence-electron chi connectivity index (χ3n) is 3.89. The molecule has 5 heteroatoms. The van der Waals surface area contributed by atoms with Gasteiger partial charge >= 0.3 is 5.97 Å². The largest absolute Gasteiger partial charge is 0.451 e. The summed E-state index contributed by atoms with van der Waals surface area (Å²) in [4.78, 5) is 28.3. The summed E-state index contributed by atoms with van der Waals surface area (Å²) in [7, 11) is 0. The van der Waals surface area contributed by atoms with Gasteiger partial charge in [0, 0.05) is 12.6 Å². The monoisotopic (exact) mass is 290 g/mol. The topological polar surface area (TPSA) is 68.3 Å². The second kappa shape index (κ2) is 6.70. The fourth-order valence-electron chi connectivity index (χ4n) is 2.57. The highest BCUT2D eigenvalue weighted by molar-refractivity contribution is 5.94. The van der Waals surface area contributed by atoms with Crippen LogP contribution in [0.25, 0.3) is 0 Å². The lowest BCUT2D eigenvalue weighted by atomic mass is 9.89. The number of unbranched alkanes of at least 4 members (excludes halogenated alkanes) is 1. The quantitative estimate of drug-likeness (QED) is 0.782. The Morgan fingerprint density at radius 2 is 2.33 bits per heavy atom. The van der Waals surface area contributed by atoms with E-state index in [2.05, 4.69) is 17.2 Å². The number of ketones is 1. The fourth-order valence-corrected chi connectivity index (χ4v) is 2.57. The number of carbonyl (C=O) groups is 2. The van der Waals surface area contributed by atoms with Crippen molar-refractivity contribution in [2.45, 2.75) is 45.1 Å². The summed E-state index contributed by atoms with van der Waals surface area (Å²) in [5.41, 5.74) is -1.00. The van der Waals surface area contributed by atoms with Gasteiger partial charge in [0.25, 0.3) is 0 Å². The molecule has 0 unspecified atom stereocenters. The number of nitrogens with one attached hydrogen (secondary N) is 1. The van der Waals surface area contributed by atoms with E-state index in [1.165, 1.54) is 0 Å².